The van der Waals surface area contributed by atoms with E-state index in [1.807, 2.05) is 33.8 Å². The van der Waals surface area contributed by atoms with Crippen LogP contribution in [0.1, 0.15) is 47.2 Å². The number of pyridine rings is 1. The van der Waals surface area contributed by atoms with Crippen LogP contribution in [0.4, 0.5) is 0 Å². The summed E-state index contributed by atoms with van der Waals surface area (Å²) in [6.45, 7) is 11.3. The van der Waals surface area contributed by atoms with Crippen LogP contribution in [0.2, 0.25) is 0 Å². The molecule has 0 aliphatic carbocycles. The third-order valence-electron chi connectivity index (χ3n) is 4.86. The molecule has 0 aromatic carbocycles. The van der Waals surface area contributed by atoms with Gasteiger partial charge in [-0.1, -0.05) is 6.07 Å². The Bertz CT molecular complexity index is 649. The van der Waals surface area contributed by atoms with Crippen LogP contribution < -0.4 is 5.46 Å². The van der Waals surface area contributed by atoms with Crippen molar-refractivity contribution >= 4 is 22.4 Å². The maximum absolute atomic E-state index is 11.9. The van der Waals surface area contributed by atoms with Crippen LogP contribution in [-0.4, -0.2) is 38.0 Å². The van der Waals surface area contributed by atoms with Crippen molar-refractivity contribution < 1.29 is 17.7 Å². The van der Waals surface area contributed by atoms with E-state index in [0.29, 0.717) is 5.69 Å². The van der Waals surface area contributed by atoms with Gasteiger partial charge in [0.15, 0.2) is 9.84 Å². The molecule has 1 fully saturated rings. The lowest BCUT2D eigenvalue weighted by Gasteiger charge is -2.32. The summed E-state index contributed by atoms with van der Waals surface area (Å²) in [6, 6.07) is 3.54. The molecule has 22 heavy (non-hydrogen) atoms. The summed E-state index contributed by atoms with van der Waals surface area (Å²) in [5.41, 5.74) is 0.465. The maximum Gasteiger partial charge on any atom is 0.496 e. The second kappa shape index (κ2) is 5.04. The second-order valence-electron chi connectivity index (χ2n) is 7.35. The minimum Gasteiger partial charge on any atom is -0.399 e. The average Bonchev–Trinajstić information content (AvgIpc) is 2.57. The van der Waals surface area contributed by atoms with Gasteiger partial charge in [0.05, 0.1) is 16.9 Å². The Morgan fingerprint density at radius 3 is 1.95 bits per heavy atom. The topological polar surface area (TPSA) is 65.5 Å². The summed E-state index contributed by atoms with van der Waals surface area (Å²) in [4.78, 5) is 4.32. The SMILES string of the molecule is CC1(C)OB(c2ccc(C(C)(C)S(C)(=O)=O)nc2)OC1(C)C. The molecule has 0 N–H and O–H groups in total. The summed E-state index contributed by atoms with van der Waals surface area (Å²) >= 11 is 0. The van der Waals surface area contributed by atoms with E-state index in [9.17, 15) is 8.42 Å². The van der Waals surface area contributed by atoms with E-state index in [2.05, 4.69) is 4.98 Å². The Balaban J connectivity index is 2.29. The predicted octanol–water partition coefficient (Wildman–Crippen LogP) is 1.66. The van der Waals surface area contributed by atoms with E-state index in [0.717, 1.165) is 5.46 Å². The summed E-state index contributed by atoms with van der Waals surface area (Å²) in [6.07, 6.45) is 2.85. The van der Waals surface area contributed by atoms with Gasteiger partial charge in [-0.3, -0.25) is 4.98 Å². The largest absolute Gasteiger partial charge is 0.496 e. The van der Waals surface area contributed by atoms with Crippen molar-refractivity contribution in [1.29, 1.82) is 0 Å². The van der Waals surface area contributed by atoms with Crippen molar-refractivity contribution in [3.8, 4) is 0 Å². The highest BCUT2D eigenvalue weighted by Crippen LogP contribution is 2.36. The molecule has 5 nitrogen and oxygen atoms in total. The van der Waals surface area contributed by atoms with E-state index < -0.39 is 32.9 Å². The molecule has 0 saturated carbocycles. The van der Waals surface area contributed by atoms with Gasteiger partial charge in [-0.15, -0.1) is 0 Å². The van der Waals surface area contributed by atoms with E-state index in [4.69, 9.17) is 9.31 Å². The summed E-state index contributed by atoms with van der Waals surface area (Å²) < 4.78 is 34.6. The van der Waals surface area contributed by atoms with Crippen molar-refractivity contribution in [1.82, 2.24) is 4.98 Å². The molecule has 0 bridgehead atoms. The Morgan fingerprint density at radius 1 is 1.09 bits per heavy atom. The highest BCUT2D eigenvalue weighted by Gasteiger charge is 2.51. The minimum absolute atomic E-state index is 0.414. The highest BCUT2D eigenvalue weighted by molar-refractivity contribution is 7.91. The normalized spacial score (nSPS) is 21.1. The fraction of sp³-hybridized carbons (Fsp3) is 0.667. The Morgan fingerprint density at radius 2 is 1.59 bits per heavy atom. The first-order valence-corrected chi connectivity index (χ1v) is 9.19. The highest BCUT2D eigenvalue weighted by atomic mass is 32.2. The molecule has 0 unspecified atom stereocenters. The van der Waals surface area contributed by atoms with Gasteiger partial charge in [0.1, 0.15) is 4.75 Å². The molecule has 7 heteroatoms. The number of rotatable bonds is 3. The van der Waals surface area contributed by atoms with Crippen molar-refractivity contribution in [2.45, 2.75) is 57.5 Å². The van der Waals surface area contributed by atoms with Crippen LogP contribution in [0.15, 0.2) is 18.3 Å². The van der Waals surface area contributed by atoms with Gasteiger partial charge < -0.3 is 9.31 Å². The number of nitrogens with zero attached hydrogens (tertiary/aromatic N) is 1. The molecule has 0 amide bonds. The molecule has 1 aliphatic rings. The van der Waals surface area contributed by atoms with Gasteiger partial charge in [0, 0.05) is 17.9 Å². The van der Waals surface area contributed by atoms with E-state index in [1.165, 1.54) is 6.26 Å². The van der Waals surface area contributed by atoms with Crippen molar-refractivity contribution in [2.75, 3.05) is 6.26 Å². The first kappa shape index (κ1) is 17.4. The molecule has 122 valence electrons. The molecule has 2 rings (SSSR count). The van der Waals surface area contributed by atoms with Gasteiger partial charge in [-0.2, -0.15) is 0 Å². The summed E-state index contributed by atoms with van der Waals surface area (Å²) in [5.74, 6) is 0. The summed E-state index contributed by atoms with van der Waals surface area (Å²) in [7, 11) is -3.74. The molecule has 2 heterocycles. The van der Waals surface area contributed by atoms with Crippen LogP contribution >= 0.6 is 0 Å². The lowest BCUT2D eigenvalue weighted by atomic mass is 9.80. The monoisotopic (exact) mass is 325 g/mol. The van der Waals surface area contributed by atoms with Crippen LogP contribution in [-0.2, 0) is 23.9 Å². The number of hydrogen-bond acceptors (Lipinski definition) is 5. The third-order valence-corrected chi connectivity index (χ3v) is 6.92. The molecule has 0 radical (unpaired) electrons. The number of aromatic nitrogens is 1. The summed E-state index contributed by atoms with van der Waals surface area (Å²) in [5, 5.41) is 0. The molecule has 0 atom stereocenters. The fourth-order valence-corrected chi connectivity index (χ4v) is 2.57. The van der Waals surface area contributed by atoms with E-state index in [1.54, 1.807) is 26.1 Å². The Labute approximate surface area is 133 Å². The third kappa shape index (κ3) is 2.82. The molecular formula is C15H24BNO4S. The molecule has 1 aromatic rings. The first-order valence-electron chi connectivity index (χ1n) is 7.30. The predicted molar refractivity (Wildman–Crippen MR) is 87.8 cm³/mol. The molecule has 1 aliphatic heterocycles. The van der Waals surface area contributed by atoms with Gasteiger partial charge in [-0.25, -0.2) is 8.42 Å². The lowest BCUT2D eigenvalue weighted by molar-refractivity contribution is 0.00578. The average molecular weight is 325 g/mol. The van der Waals surface area contributed by atoms with Gasteiger partial charge in [0.2, 0.25) is 0 Å². The standard InChI is InChI=1S/C15H24BNO4S/c1-13(2,22(7,18)19)12-9-8-11(10-17-12)16-20-14(3,4)15(5,6)21-16/h8-10H,1-7H3. The molecule has 0 spiro atoms. The minimum atomic E-state index is -3.25. The van der Waals surface area contributed by atoms with Crippen LogP contribution in [0, 0.1) is 0 Å². The Kier molecular flexibility index (Phi) is 4.00. The Hall–Kier alpha value is -0.915. The van der Waals surface area contributed by atoms with Crippen molar-refractivity contribution in [3.63, 3.8) is 0 Å². The fourth-order valence-electron chi connectivity index (χ4n) is 2.07. The van der Waals surface area contributed by atoms with Gasteiger partial charge in [-0.05, 0) is 47.6 Å². The van der Waals surface area contributed by atoms with E-state index in [-0.39, 0.29) is 0 Å². The van der Waals surface area contributed by atoms with Gasteiger partial charge in [0.25, 0.3) is 0 Å². The smallest absolute Gasteiger partial charge is 0.399 e. The zero-order valence-electron chi connectivity index (χ0n) is 14.3. The molecular weight excluding hydrogens is 301 g/mol. The van der Waals surface area contributed by atoms with E-state index >= 15 is 0 Å². The molecule has 1 saturated heterocycles. The number of sulfone groups is 1. The zero-order chi connectivity index (χ0) is 17.0. The van der Waals surface area contributed by atoms with Crippen molar-refractivity contribution in [2.24, 2.45) is 0 Å². The molecule has 1 aromatic heterocycles. The first-order chi connectivity index (χ1) is 9.78. The lowest BCUT2D eigenvalue weighted by Crippen LogP contribution is -2.41. The van der Waals surface area contributed by atoms with Gasteiger partial charge >= 0.3 is 7.12 Å². The maximum atomic E-state index is 11.9. The van der Waals surface area contributed by atoms with Crippen LogP contribution in [0.3, 0.4) is 0 Å². The van der Waals surface area contributed by atoms with Crippen LogP contribution in [0.5, 0.6) is 0 Å². The van der Waals surface area contributed by atoms with Crippen molar-refractivity contribution in [3.05, 3.63) is 24.0 Å². The quantitative estimate of drug-likeness (QED) is 0.791. The van der Waals surface area contributed by atoms with Crippen LogP contribution in [0.25, 0.3) is 0 Å². The zero-order valence-corrected chi connectivity index (χ0v) is 15.1. The second-order valence-corrected chi connectivity index (χ2v) is 9.91. The number of hydrogen-bond donors (Lipinski definition) is 0.